The van der Waals surface area contributed by atoms with E-state index in [0.29, 0.717) is 11.3 Å². The maximum absolute atomic E-state index is 11.0. The van der Waals surface area contributed by atoms with Crippen molar-refractivity contribution in [2.75, 3.05) is 7.11 Å². The minimum absolute atomic E-state index is 0.00134. The molecule has 6 nitrogen and oxygen atoms in total. The fourth-order valence-corrected chi connectivity index (χ4v) is 1.93. The van der Waals surface area contributed by atoms with Gasteiger partial charge in [-0.05, 0) is 0 Å². The second kappa shape index (κ2) is 5.28. The van der Waals surface area contributed by atoms with Crippen molar-refractivity contribution in [2.24, 2.45) is 0 Å². The number of hydrogen-bond acceptors (Lipinski definition) is 5. The Labute approximate surface area is 117 Å². The van der Waals surface area contributed by atoms with Crippen LogP contribution in [-0.2, 0) is 0 Å². The topological polar surface area (TPSA) is 92.5 Å². The van der Waals surface area contributed by atoms with E-state index in [1.54, 1.807) is 12.1 Å². The molecular weight excluding hydrogens is 311 g/mol. The number of phenols is 1. The number of carbonyl (C=O) groups is 1. The van der Waals surface area contributed by atoms with Crippen LogP contribution in [0.2, 0.25) is 0 Å². The summed E-state index contributed by atoms with van der Waals surface area (Å²) in [7, 11) is 1.43. The third-order valence-corrected chi connectivity index (χ3v) is 3.12. The van der Waals surface area contributed by atoms with Crippen molar-refractivity contribution in [1.29, 1.82) is 0 Å². The van der Waals surface area contributed by atoms with Gasteiger partial charge in [0.15, 0.2) is 0 Å². The average molecular weight is 320 g/mol. The van der Waals surface area contributed by atoms with Gasteiger partial charge in [0.1, 0.15) is 0 Å². The molecule has 1 aromatic carbocycles. The SMILES string of the molecule is COc1cc(-c2cnc([As])c(C(=O)O)n2)ccc1O. The Hall–Kier alpha value is -2.07. The average Bonchev–Trinajstić information content (AvgIpc) is 2.39. The molecule has 1 heterocycles. The molecule has 0 aliphatic carbocycles. The normalized spacial score (nSPS) is 10.2. The molecule has 0 aliphatic rings. The van der Waals surface area contributed by atoms with E-state index < -0.39 is 5.97 Å². The van der Waals surface area contributed by atoms with Gasteiger partial charge >= 0.3 is 117 Å². The van der Waals surface area contributed by atoms with Gasteiger partial charge in [-0.25, -0.2) is 0 Å². The predicted molar refractivity (Wildman–Crippen MR) is 68.0 cm³/mol. The number of aromatic carboxylic acids is 1. The van der Waals surface area contributed by atoms with Crippen LogP contribution >= 0.6 is 0 Å². The first-order valence-corrected chi connectivity index (χ1v) is 6.13. The number of hydrogen-bond donors (Lipinski definition) is 2. The molecule has 7 heteroatoms. The number of aromatic nitrogens is 2. The number of carboxylic acids is 1. The Kier molecular flexibility index (Phi) is 3.71. The fourth-order valence-electron chi connectivity index (χ4n) is 1.50. The first-order chi connectivity index (χ1) is 9.02. The molecule has 96 valence electrons. The molecule has 0 bridgehead atoms. The summed E-state index contributed by atoms with van der Waals surface area (Å²) in [6.45, 7) is 0. The van der Waals surface area contributed by atoms with Crippen LogP contribution in [0.25, 0.3) is 11.3 Å². The van der Waals surface area contributed by atoms with Crippen molar-refractivity contribution in [3.8, 4) is 22.8 Å². The van der Waals surface area contributed by atoms with Crippen LogP contribution in [0, 0.1) is 0 Å². The van der Waals surface area contributed by atoms with Gasteiger partial charge in [-0.15, -0.1) is 0 Å². The van der Waals surface area contributed by atoms with Gasteiger partial charge < -0.3 is 0 Å². The number of phenolic OH excluding ortho intramolecular Hbond substituents is 1. The molecule has 0 atom stereocenters. The summed E-state index contributed by atoms with van der Waals surface area (Å²) in [5, 5.41) is 18.5. The van der Waals surface area contributed by atoms with Crippen molar-refractivity contribution in [1.82, 2.24) is 9.97 Å². The molecule has 2 N–H and O–H groups in total. The van der Waals surface area contributed by atoms with Crippen molar-refractivity contribution < 1.29 is 19.7 Å². The van der Waals surface area contributed by atoms with Gasteiger partial charge in [-0.2, -0.15) is 0 Å². The van der Waals surface area contributed by atoms with Crippen molar-refractivity contribution in [3.05, 3.63) is 30.1 Å². The van der Waals surface area contributed by atoms with Gasteiger partial charge in [-0.1, -0.05) is 0 Å². The number of benzene rings is 1. The quantitative estimate of drug-likeness (QED) is 0.793. The summed E-state index contributed by atoms with van der Waals surface area (Å²) < 4.78 is 5.28. The molecule has 0 unspecified atom stereocenters. The molecule has 0 spiro atoms. The van der Waals surface area contributed by atoms with Crippen LogP contribution in [0.4, 0.5) is 0 Å². The number of carboxylic acid groups (broad SMARTS) is 1. The predicted octanol–water partition coefficient (Wildman–Crippen LogP) is 0.350. The van der Waals surface area contributed by atoms with Crippen LogP contribution in [0.15, 0.2) is 24.4 Å². The summed E-state index contributed by atoms with van der Waals surface area (Å²) in [5.41, 5.74) is 0.882. The second-order valence-electron chi connectivity index (χ2n) is 3.62. The Balaban J connectivity index is 2.53. The van der Waals surface area contributed by atoms with E-state index in [1.807, 2.05) is 0 Å². The summed E-state index contributed by atoms with van der Waals surface area (Å²) >= 11 is 2.06. The van der Waals surface area contributed by atoms with E-state index in [2.05, 4.69) is 26.8 Å². The zero-order valence-electron chi connectivity index (χ0n) is 9.86. The van der Waals surface area contributed by atoms with Crippen LogP contribution < -0.4 is 9.22 Å². The standard InChI is InChI=1S/C12H9AsN2O4/c1-19-9-4-6(2-3-8(9)16)7-5-14-11(13)10(15-7)12(17)18/h2-5,16H,1H3,(H,17,18). The van der Waals surface area contributed by atoms with Gasteiger partial charge in [0.2, 0.25) is 0 Å². The van der Waals surface area contributed by atoms with Crippen LogP contribution in [-0.4, -0.2) is 50.1 Å². The molecule has 19 heavy (non-hydrogen) atoms. The molecule has 2 aromatic rings. The minimum atomic E-state index is -1.14. The van der Waals surface area contributed by atoms with Crippen molar-refractivity contribution >= 4 is 27.3 Å². The molecule has 0 amide bonds. The molecule has 0 fully saturated rings. The first kappa shape index (κ1) is 13.4. The molecule has 2 rings (SSSR count). The Morgan fingerprint density at radius 1 is 1.42 bits per heavy atom. The van der Waals surface area contributed by atoms with Crippen LogP contribution in [0.5, 0.6) is 11.5 Å². The second-order valence-corrected chi connectivity index (χ2v) is 4.51. The maximum atomic E-state index is 11.0. The molecule has 0 aliphatic heterocycles. The Morgan fingerprint density at radius 3 is 2.79 bits per heavy atom. The summed E-state index contributed by atoms with van der Waals surface area (Å²) in [5.74, 6) is -0.857. The first-order valence-electron chi connectivity index (χ1n) is 5.19. The number of methoxy groups -OCH3 is 1. The van der Waals surface area contributed by atoms with E-state index in [0.717, 1.165) is 0 Å². The number of rotatable bonds is 3. The van der Waals surface area contributed by atoms with Crippen LogP contribution in [0.3, 0.4) is 0 Å². The molecule has 0 saturated carbocycles. The number of ether oxygens (including phenoxy) is 1. The van der Waals surface area contributed by atoms with Gasteiger partial charge in [0.05, 0.1) is 0 Å². The number of nitrogens with zero attached hydrogens (tertiary/aromatic N) is 2. The summed E-state index contributed by atoms with van der Waals surface area (Å²) in [4.78, 5) is 19.0. The van der Waals surface area contributed by atoms with E-state index in [1.165, 1.54) is 19.4 Å². The zero-order chi connectivity index (χ0) is 14.0. The van der Waals surface area contributed by atoms with E-state index in [9.17, 15) is 9.90 Å². The van der Waals surface area contributed by atoms with E-state index in [4.69, 9.17) is 9.84 Å². The van der Waals surface area contributed by atoms with Crippen LogP contribution in [0.1, 0.15) is 10.5 Å². The Bertz CT molecular complexity index is 646. The van der Waals surface area contributed by atoms with Crippen molar-refractivity contribution in [2.45, 2.75) is 0 Å². The van der Waals surface area contributed by atoms with Gasteiger partial charge in [-0.3, -0.25) is 0 Å². The zero-order valence-corrected chi connectivity index (χ0v) is 11.7. The monoisotopic (exact) mass is 320 g/mol. The summed E-state index contributed by atoms with van der Waals surface area (Å²) in [6.07, 6.45) is 1.46. The number of aromatic hydroxyl groups is 1. The molecular formula is C12H9AsN2O4. The molecule has 0 saturated heterocycles. The molecule has 2 radical (unpaired) electrons. The van der Waals surface area contributed by atoms with Crippen molar-refractivity contribution in [3.63, 3.8) is 0 Å². The van der Waals surface area contributed by atoms with E-state index >= 15 is 0 Å². The Morgan fingerprint density at radius 2 is 2.16 bits per heavy atom. The van der Waals surface area contributed by atoms with Gasteiger partial charge in [0.25, 0.3) is 0 Å². The van der Waals surface area contributed by atoms with Gasteiger partial charge in [0, 0.05) is 0 Å². The summed E-state index contributed by atoms with van der Waals surface area (Å²) in [6, 6.07) is 4.62. The van der Waals surface area contributed by atoms with E-state index in [-0.39, 0.29) is 21.7 Å². The third-order valence-electron chi connectivity index (χ3n) is 2.43. The fraction of sp³-hybridized carbons (Fsp3) is 0.0833. The third kappa shape index (κ3) is 2.68. The molecule has 1 aromatic heterocycles.